The van der Waals surface area contributed by atoms with Crippen molar-refractivity contribution in [2.45, 2.75) is 0 Å². The molecule has 5 aromatic carbocycles. The molecule has 0 unspecified atom stereocenters. The smallest absolute Gasteiger partial charge is 0.0894 e. The van der Waals surface area contributed by atoms with E-state index in [1.807, 2.05) is 152 Å². The third-order valence-electron chi connectivity index (χ3n) is 6.54. The van der Waals surface area contributed by atoms with Crippen LogP contribution in [-0.2, 0) is 0 Å². The Morgan fingerprint density at radius 3 is 1.17 bits per heavy atom. The maximum Gasteiger partial charge on any atom is 0.0894 e. The van der Waals surface area contributed by atoms with Gasteiger partial charge in [-0.15, -0.1) is 0 Å². The minimum atomic E-state index is 0.696. The van der Waals surface area contributed by atoms with Crippen LogP contribution in [0.1, 0.15) is 0 Å². The summed E-state index contributed by atoms with van der Waals surface area (Å²) in [5.41, 5.74) is 15.4. The molecule has 0 radical (unpaired) electrons. The predicted molar refractivity (Wildman–Crippen MR) is 178 cm³/mol. The molecule has 42 heavy (non-hydrogen) atoms. The Kier molecular flexibility index (Phi) is 7.86. The standard InChI is InChI=1S/C36H30N6/c37-26-16-18-31(19-17-26)41-35-24-34(40-29-14-8-3-9-15-29)36(25-33(35)39-28-12-6-2-7-13-28)42-32-22-20-30(21-23-32)38-27-10-4-1-5-11-27/h1-25,38-40H,37H2. The fraction of sp³-hybridized carbons (Fsp3) is 0. The van der Waals surface area contributed by atoms with E-state index in [2.05, 4.69) is 16.0 Å². The van der Waals surface area contributed by atoms with Crippen molar-refractivity contribution >= 4 is 51.2 Å². The van der Waals surface area contributed by atoms with Gasteiger partial charge in [0.1, 0.15) is 0 Å². The Hall–Kier alpha value is -5.88. The normalized spacial score (nSPS) is 14.7. The highest BCUT2D eigenvalue weighted by molar-refractivity contribution is 6.26. The minimum absolute atomic E-state index is 0.696. The van der Waals surface area contributed by atoms with Gasteiger partial charge in [0.15, 0.2) is 0 Å². The van der Waals surface area contributed by atoms with Crippen molar-refractivity contribution in [3.8, 4) is 0 Å². The summed E-state index contributed by atoms with van der Waals surface area (Å²) in [6.45, 7) is 0. The Morgan fingerprint density at radius 2 is 0.738 bits per heavy atom. The lowest BCUT2D eigenvalue weighted by molar-refractivity contribution is 1.40. The second kappa shape index (κ2) is 12.5. The van der Waals surface area contributed by atoms with Crippen LogP contribution in [0.5, 0.6) is 0 Å². The van der Waals surface area contributed by atoms with E-state index in [0.717, 1.165) is 56.9 Å². The zero-order valence-corrected chi connectivity index (χ0v) is 22.9. The molecule has 204 valence electrons. The van der Waals surface area contributed by atoms with Gasteiger partial charge in [0, 0.05) is 28.4 Å². The summed E-state index contributed by atoms with van der Waals surface area (Å²) in [6, 6.07) is 45.8. The summed E-state index contributed by atoms with van der Waals surface area (Å²) in [5.74, 6) is 0. The molecule has 0 amide bonds. The average Bonchev–Trinajstić information content (AvgIpc) is 3.03. The fourth-order valence-electron chi connectivity index (χ4n) is 4.45. The van der Waals surface area contributed by atoms with Gasteiger partial charge in [-0.3, -0.25) is 0 Å². The van der Waals surface area contributed by atoms with E-state index in [-0.39, 0.29) is 0 Å². The molecule has 1 aliphatic rings. The molecule has 6 nitrogen and oxygen atoms in total. The van der Waals surface area contributed by atoms with Crippen molar-refractivity contribution in [2.24, 2.45) is 9.98 Å². The van der Waals surface area contributed by atoms with Crippen molar-refractivity contribution in [1.82, 2.24) is 0 Å². The highest BCUT2D eigenvalue weighted by atomic mass is 15.0. The fourth-order valence-corrected chi connectivity index (χ4v) is 4.45. The van der Waals surface area contributed by atoms with Crippen molar-refractivity contribution < 1.29 is 0 Å². The number of nitrogens with zero attached hydrogens (tertiary/aromatic N) is 2. The highest BCUT2D eigenvalue weighted by Crippen LogP contribution is 2.26. The second-order valence-corrected chi connectivity index (χ2v) is 9.72. The van der Waals surface area contributed by atoms with Crippen LogP contribution in [0.2, 0.25) is 0 Å². The van der Waals surface area contributed by atoms with Crippen LogP contribution in [0.25, 0.3) is 0 Å². The number of anilines is 5. The second-order valence-electron chi connectivity index (χ2n) is 9.72. The molecule has 6 heteroatoms. The number of rotatable bonds is 8. The van der Waals surface area contributed by atoms with E-state index >= 15 is 0 Å². The van der Waals surface area contributed by atoms with Crippen LogP contribution < -0.4 is 21.7 Å². The molecule has 0 bridgehead atoms. The largest absolute Gasteiger partial charge is 0.399 e. The van der Waals surface area contributed by atoms with Crippen LogP contribution in [-0.4, -0.2) is 11.4 Å². The first-order valence-electron chi connectivity index (χ1n) is 13.7. The lowest BCUT2D eigenvalue weighted by Gasteiger charge is -2.21. The summed E-state index contributed by atoms with van der Waals surface area (Å²) in [4.78, 5) is 10.0. The average molecular weight is 547 g/mol. The van der Waals surface area contributed by atoms with Crippen molar-refractivity contribution in [3.63, 3.8) is 0 Å². The van der Waals surface area contributed by atoms with Gasteiger partial charge in [-0.25, -0.2) is 9.98 Å². The summed E-state index contributed by atoms with van der Waals surface area (Å²) < 4.78 is 0. The third kappa shape index (κ3) is 6.81. The molecule has 0 saturated heterocycles. The SMILES string of the molecule is Nc1ccc(N=C2C=C(Nc3ccccc3)C(=Nc3ccc(Nc4ccccc4)cc3)C=C2Nc2ccccc2)cc1. The molecular weight excluding hydrogens is 516 g/mol. The Bertz CT molecular complexity index is 1750. The van der Waals surface area contributed by atoms with Crippen LogP contribution in [0, 0.1) is 0 Å². The Morgan fingerprint density at radius 1 is 0.381 bits per heavy atom. The number of nitrogen functional groups attached to an aromatic ring is 1. The number of benzene rings is 5. The number of hydrogen-bond donors (Lipinski definition) is 4. The lowest BCUT2D eigenvalue weighted by atomic mass is 10.0. The molecule has 1 aliphatic carbocycles. The van der Waals surface area contributed by atoms with Gasteiger partial charge in [0.25, 0.3) is 0 Å². The van der Waals surface area contributed by atoms with Gasteiger partial charge in [-0.2, -0.15) is 0 Å². The summed E-state index contributed by atoms with van der Waals surface area (Å²) in [6.07, 6.45) is 4.06. The molecule has 5 N–H and O–H groups in total. The number of hydrogen-bond acceptors (Lipinski definition) is 6. The maximum absolute atomic E-state index is 5.92. The molecule has 0 fully saturated rings. The zero-order chi connectivity index (χ0) is 28.6. The Balaban J connectivity index is 1.39. The number of nitrogens with one attached hydrogen (secondary N) is 3. The van der Waals surface area contributed by atoms with Gasteiger partial charge >= 0.3 is 0 Å². The van der Waals surface area contributed by atoms with Gasteiger partial charge in [0.2, 0.25) is 0 Å². The zero-order valence-electron chi connectivity index (χ0n) is 22.9. The maximum atomic E-state index is 5.92. The molecular formula is C36H30N6. The van der Waals surface area contributed by atoms with E-state index in [1.54, 1.807) is 0 Å². The number of nitrogens with two attached hydrogens (primary N) is 1. The number of aliphatic imine (C=N–C) groups is 2. The van der Waals surface area contributed by atoms with Crippen LogP contribution in [0.4, 0.5) is 39.8 Å². The first-order chi connectivity index (χ1) is 20.7. The van der Waals surface area contributed by atoms with E-state index in [9.17, 15) is 0 Å². The summed E-state index contributed by atoms with van der Waals surface area (Å²) >= 11 is 0. The first kappa shape index (κ1) is 26.3. The van der Waals surface area contributed by atoms with E-state index in [1.165, 1.54) is 0 Å². The summed E-state index contributed by atoms with van der Waals surface area (Å²) in [7, 11) is 0. The topological polar surface area (TPSA) is 86.8 Å². The molecule has 5 aromatic rings. The van der Waals surface area contributed by atoms with Crippen LogP contribution in [0.15, 0.2) is 173 Å². The molecule has 0 spiro atoms. The predicted octanol–water partition coefficient (Wildman–Crippen LogP) is 8.86. The van der Waals surface area contributed by atoms with Gasteiger partial charge in [0.05, 0.1) is 34.2 Å². The molecule has 0 saturated carbocycles. The van der Waals surface area contributed by atoms with Crippen molar-refractivity contribution in [3.05, 3.63) is 163 Å². The van der Waals surface area contributed by atoms with E-state index in [4.69, 9.17) is 15.7 Å². The lowest BCUT2D eigenvalue weighted by Crippen LogP contribution is -2.22. The van der Waals surface area contributed by atoms with Crippen molar-refractivity contribution in [2.75, 3.05) is 21.7 Å². The highest BCUT2D eigenvalue weighted by Gasteiger charge is 2.19. The van der Waals surface area contributed by atoms with E-state index < -0.39 is 0 Å². The molecule has 0 atom stereocenters. The summed E-state index contributed by atoms with van der Waals surface area (Å²) in [5, 5.41) is 10.5. The third-order valence-corrected chi connectivity index (χ3v) is 6.54. The first-order valence-corrected chi connectivity index (χ1v) is 13.7. The van der Waals surface area contributed by atoms with Crippen molar-refractivity contribution in [1.29, 1.82) is 0 Å². The molecule has 0 aromatic heterocycles. The van der Waals surface area contributed by atoms with Gasteiger partial charge in [-0.1, -0.05) is 54.6 Å². The molecule has 0 heterocycles. The van der Waals surface area contributed by atoms with Crippen LogP contribution in [0.3, 0.4) is 0 Å². The quantitative estimate of drug-likeness (QED) is 0.116. The van der Waals surface area contributed by atoms with Gasteiger partial charge < -0.3 is 21.7 Å². The number of para-hydroxylation sites is 3. The Labute approximate surface area is 245 Å². The minimum Gasteiger partial charge on any atom is -0.399 e. The molecule has 6 rings (SSSR count). The van der Waals surface area contributed by atoms with Crippen LogP contribution >= 0.6 is 0 Å². The number of allylic oxidation sites excluding steroid dienone is 2. The van der Waals surface area contributed by atoms with Gasteiger partial charge in [-0.05, 0) is 97.1 Å². The molecule has 0 aliphatic heterocycles. The van der Waals surface area contributed by atoms with E-state index in [0.29, 0.717) is 5.69 Å². The monoisotopic (exact) mass is 546 g/mol.